The van der Waals surface area contributed by atoms with Crippen LogP contribution in [0, 0.1) is 5.92 Å². The van der Waals surface area contributed by atoms with Crippen molar-refractivity contribution in [3.63, 3.8) is 0 Å². The average molecular weight is 416 g/mol. The van der Waals surface area contributed by atoms with Crippen LogP contribution in [0.4, 0.5) is 0 Å². The van der Waals surface area contributed by atoms with Crippen LogP contribution in [0.25, 0.3) is 10.9 Å². The number of hydrazone groups is 1. The molecule has 0 radical (unpaired) electrons. The Morgan fingerprint density at radius 2 is 2.03 bits per heavy atom. The molecular formula is C24H41N5O. The lowest BCUT2D eigenvalue weighted by Crippen LogP contribution is -2.27. The van der Waals surface area contributed by atoms with Crippen LogP contribution >= 0.6 is 0 Å². The van der Waals surface area contributed by atoms with Gasteiger partial charge in [0.2, 0.25) is 5.96 Å². The van der Waals surface area contributed by atoms with Gasteiger partial charge in [-0.1, -0.05) is 53.5 Å². The topological polar surface area (TPSA) is 87.8 Å². The summed E-state index contributed by atoms with van der Waals surface area (Å²) in [7, 11) is 1.65. The van der Waals surface area contributed by atoms with Crippen LogP contribution in [0.3, 0.4) is 0 Å². The van der Waals surface area contributed by atoms with Crippen molar-refractivity contribution in [1.29, 1.82) is 0 Å². The molecule has 6 nitrogen and oxygen atoms in total. The minimum atomic E-state index is 0.338. The molecule has 0 unspecified atom stereocenters. The van der Waals surface area contributed by atoms with Crippen molar-refractivity contribution in [3.8, 4) is 5.75 Å². The fourth-order valence-electron chi connectivity index (χ4n) is 2.45. The zero-order chi connectivity index (χ0) is 22.8. The number of nitrogens with one attached hydrogen (secondary N) is 2. The van der Waals surface area contributed by atoms with Crippen molar-refractivity contribution in [2.75, 3.05) is 13.7 Å². The number of benzene rings is 1. The molecule has 0 saturated carbocycles. The Morgan fingerprint density at radius 1 is 1.30 bits per heavy atom. The van der Waals surface area contributed by atoms with E-state index in [1.165, 1.54) is 6.42 Å². The summed E-state index contributed by atoms with van der Waals surface area (Å²) < 4.78 is 5.24. The van der Waals surface area contributed by atoms with Gasteiger partial charge in [0, 0.05) is 29.2 Å². The van der Waals surface area contributed by atoms with Crippen LogP contribution in [0.5, 0.6) is 5.75 Å². The number of nitrogens with two attached hydrogens (primary N) is 1. The second-order valence-electron chi connectivity index (χ2n) is 6.92. The molecule has 168 valence electrons. The number of rotatable bonds is 9. The van der Waals surface area contributed by atoms with Gasteiger partial charge < -0.3 is 15.5 Å². The molecule has 0 aliphatic heterocycles. The molecule has 6 heteroatoms. The monoisotopic (exact) mass is 415 g/mol. The number of ether oxygens (including phenoxy) is 1. The fraction of sp³-hybridized carbons (Fsp3) is 0.500. The third-order valence-electron chi connectivity index (χ3n) is 3.99. The van der Waals surface area contributed by atoms with Gasteiger partial charge in [-0.05, 0) is 37.0 Å². The Morgan fingerprint density at radius 3 is 2.60 bits per heavy atom. The molecule has 0 aliphatic rings. The summed E-state index contributed by atoms with van der Waals surface area (Å²) in [6.07, 6.45) is 10.1. The molecule has 2 aromatic rings. The van der Waals surface area contributed by atoms with Gasteiger partial charge in [0.05, 0.1) is 13.3 Å². The summed E-state index contributed by atoms with van der Waals surface area (Å²) in [5, 5.41) is 5.17. The smallest absolute Gasteiger partial charge is 0.209 e. The van der Waals surface area contributed by atoms with Gasteiger partial charge in [-0.25, -0.2) is 5.43 Å². The lowest BCUT2D eigenvalue weighted by Gasteiger charge is -2.00. The number of allylic oxidation sites excluding steroid dienone is 1. The first kappa shape index (κ1) is 27.2. The molecule has 0 atom stereocenters. The molecule has 4 N–H and O–H groups in total. The van der Waals surface area contributed by atoms with Crippen molar-refractivity contribution in [2.45, 2.75) is 60.3 Å². The van der Waals surface area contributed by atoms with Crippen molar-refractivity contribution < 1.29 is 4.74 Å². The maximum absolute atomic E-state index is 5.75. The van der Waals surface area contributed by atoms with Crippen molar-refractivity contribution in [2.24, 2.45) is 21.7 Å². The van der Waals surface area contributed by atoms with Gasteiger partial charge in [0.1, 0.15) is 5.75 Å². The second kappa shape index (κ2) is 17.1. The van der Waals surface area contributed by atoms with E-state index < -0.39 is 0 Å². The molecule has 0 aliphatic carbocycles. The number of hydrogen-bond donors (Lipinski definition) is 3. The molecule has 1 aromatic heterocycles. The van der Waals surface area contributed by atoms with E-state index in [0.29, 0.717) is 5.96 Å². The largest absolute Gasteiger partial charge is 0.497 e. The quantitative estimate of drug-likeness (QED) is 0.158. The summed E-state index contributed by atoms with van der Waals surface area (Å²) in [5.74, 6) is 1.93. The van der Waals surface area contributed by atoms with Gasteiger partial charge in [0.15, 0.2) is 0 Å². The zero-order valence-electron chi connectivity index (χ0n) is 19.7. The Kier molecular flexibility index (Phi) is 15.6. The highest BCUT2D eigenvalue weighted by atomic mass is 16.5. The summed E-state index contributed by atoms with van der Waals surface area (Å²) in [4.78, 5) is 7.40. The normalized spacial score (nSPS) is 11.0. The molecular weight excluding hydrogens is 374 g/mol. The molecule has 2 rings (SSSR count). The number of methoxy groups -OCH3 is 1. The number of nitrogens with zero attached hydrogens (tertiary/aromatic N) is 2. The van der Waals surface area contributed by atoms with Crippen LogP contribution in [0.1, 0.15) is 65.9 Å². The highest BCUT2D eigenvalue weighted by Crippen LogP contribution is 2.22. The van der Waals surface area contributed by atoms with E-state index in [2.05, 4.69) is 47.9 Å². The number of H-pyrrole nitrogens is 1. The van der Waals surface area contributed by atoms with Crippen LogP contribution in [-0.4, -0.2) is 30.8 Å². The first-order chi connectivity index (χ1) is 14.5. The van der Waals surface area contributed by atoms with Gasteiger partial charge in [-0.15, -0.1) is 6.58 Å². The highest BCUT2D eigenvalue weighted by Gasteiger charge is 2.03. The Hall–Kier alpha value is -2.76. The second-order valence-corrected chi connectivity index (χ2v) is 6.92. The maximum atomic E-state index is 5.75. The van der Waals surface area contributed by atoms with Crippen molar-refractivity contribution in [1.82, 2.24) is 10.4 Å². The van der Waals surface area contributed by atoms with Gasteiger partial charge in [0.25, 0.3) is 0 Å². The molecule has 0 bridgehead atoms. The first-order valence-electron chi connectivity index (χ1n) is 10.9. The third-order valence-corrected chi connectivity index (χ3v) is 3.99. The standard InChI is InChI=1S/C16H23N5O.C6H12.C2H6/c1-3-4-5-8-18-16(17)21-20-11-12-10-19-15-7-6-13(22-2)9-14(12)15;1-4-5-6(2)3;1-2/h6-7,9-11,19H,3-5,8H2,1-2H3,(H3,17,18,21);4,6H,1,5H2,2-3H3;1-2H3/b20-11+;;. The molecule has 0 amide bonds. The molecule has 0 fully saturated rings. The van der Waals surface area contributed by atoms with Crippen LogP contribution in [-0.2, 0) is 0 Å². The van der Waals surface area contributed by atoms with Gasteiger partial charge >= 0.3 is 0 Å². The number of aromatic amines is 1. The van der Waals surface area contributed by atoms with E-state index in [9.17, 15) is 0 Å². The zero-order valence-corrected chi connectivity index (χ0v) is 19.7. The molecule has 1 heterocycles. The van der Waals surface area contributed by atoms with E-state index in [1.54, 1.807) is 13.3 Å². The molecule has 0 saturated heterocycles. The van der Waals surface area contributed by atoms with E-state index in [1.807, 2.05) is 44.3 Å². The number of hydrogen-bond acceptors (Lipinski definition) is 3. The van der Waals surface area contributed by atoms with E-state index in [-0.39, 0.29) is 0 Å². The summed E-state index contributed by atoms with van der Waals surface area (Å²) in [6, 6.07) is 5.86. The minimum absolute atomic E-state index is 0.338. The number of aromatic nitrogens is 1. The third kappa shape index (κ3) is 11.3. The van der Waals surface area contributed by atoms with Crippen LogP contribution in [0.15, 0.2) is 47.1 Å². The maximum Gasteiger partial charge on any atom is 0.209 e. The number of aliphatic imine (C=N–C) groups is 1. The minimum Gasteiger partial charge on any atom is -0.497 e. The van der Waals surface area contributed by atoms with Crippen molar-refractivity contribution in [3.05, 3.63) is 42.6 Å². The predicted octanol–water partition coefficient (Wildman–Crippen LogP) is 5.85. The highest BCUT2D eigenvalue weighted by molar-refractivity contribution is 5.99. The lowest BCUT2D eigenvalue weighted by atomic mass is 10.1. The molecule has 1 aromatic carbocycles. The van der Waals surface area contributed by atoms with Gasteiger partial charge in [-0.2, -0.15) is 5.10 Å². The number of unbranched alkanes of at least 4 members (excludes halogenated alkanes) is 2. The predicted molar refractivity (Wildman–Crippen MR) is 133 cm³/mol. The number of guanidine groups is 1. The number of fused-ring (bicyclic) bond motifs is 1. The van der Waals surface area contributed by atoms with Crippen molar-refractivity contribution >= 4 is 23.1 Å². The summed E-state index contributed by atoms with van der Waals surface area (Å²) >= 11 is 0. The Bertz CT molecular complexity index is 762. The van der Waals surface area contributed by atoms with Crippen LogP contribution in [0.2, 0.25) is 0 Å². The average Bonchev–Trinajstić information content (AvgIpc) is 3.15. The SMILES string of the molecule is C=CCC(C)C.CC.CCCCCN=C(N)N/N=C/c1c[nH]c2ccc(OC)cc12. The fourth-order valence-corrected chi connectivity index (χ4v) is 2.45. The Labute approximate surface area is 182 Å². The molecule has 0 spiro atoms. The van der Waals surface area contributed by atoms with E-state index in [4.69, 9.17) is 10.5 Å². The lowest BCUT2D eigenvalue weighted by molar-refractivity contribution is 0.415. The van der Waals surface area contributed by atoms with Gasteiger partial charge in [-0.3, -0.25) is 4.99 Å². The van der Waals surface area contributed by atoms with Crippen LogP contribution < -0.4 is 15.9 Å². The first-order valence-corrected chi connectivity index (χ1v) is 10.9. The molecule has 30 heavy (non-hydrogen) atoms. The van der Waals surface area contributed by atoms with E-state index >= 15 is 0 Å². The Balaban J connectivity index is 0.000000905. The van der Waals surface area contributed by atoms with E-state index in [0.717, 1.165) is 53.9 Å². The summed E-state index contributed by atoms with van der Waals surface area (Å²) in [5.41, 5.74) is 10.5. The summed E-state index contributed by atoms with van der Waals surface area (Å²) in [6.45, 7) is 14.9.